The molecule has 0 spiro atoms. The molecular weight excluding hydrogens is 280 g/mol. The van der Waals surface area contributed by atoms with Crippen molar-refractivity contribution in [1.82, 2.24) is 4.90 Å². The first kappa shape index (κ1) is 12.6. The molecule has 1 amide bonds. The van der Waals surface area contributed by atoms with E-state index < -0.39 is 0 Å². The molecule has 1 aromatic carbocycles. The lowest BCUT2D eigenvalue weighted by atomic mass is 10.1. The number of rotatable bonds is 3. The molecule has 2 rings (SSSR count). The summed E-state index contributed by atoms with van der Waals surface area (Å²) in [5.74, 6) is -0.199. The molecule has 0 bridgehead atoms. The van der Waals surface area contributed by atoms with Gasteiger partial charge in [-0.3, -0.25) is 9.69 Å². The van der Waals surface area contributed by atoms with Gasteiger partial charge in [-0.1, -0.05) is 28.1 Å². The quantitative estimate of drug-likeness (QED) is 0.929. The molecule has 1 saturated heterocycles. The van der Waals surface area contributed by atoms with Gasteiger partial charge in [0, 0.05) is 11.0 Å². The minimum Gasteiger partial charge on any atom is -0.368 e. The molecule has 0 saturated carbocycles. The molecule has 92 valence electrons. The molecule has 1 aliphatic heterocycles. The third-order valence-corrected chi connectivity index (χ3v) is 4.30. The van der Waals surface area contributed by atoms with Crippen LogP contribution in [-0.4, -0.2) is 23.4 Å². The van der Waals surface area contributed by atoms with Crippen molar-refractivity contribution in [1.29, 1.82) is 0 Å². The van der Waals surface area contributed by atoms with Gasteiger partial charge in [0.15, 0.2) is 0 Å². The van der Waals surface area contributed by atoms with Crippen LogP contribution >= 0.6 is 15.9 Å². The predicted octanol–water partition coefficient (Wildman–Crippen LogP) is 2.21. The van der Waals surface area contributed by atoms with Crippen LogP contribution in [0.1, 0.15) is 24.0 Å². The van der Waals surface area contributed by atoms with Crippen LogP contribution < -0.4 is 5.73 Å². The first-order chi connectivity index (χ1) is 8.09. The van der Waals surface area contributed by atoms with Crippen LogP contribution in [0.15, 0.2) is 22.7 Å². The molecule has 0 aromatic heterocycles. The molecule has 17 heavy (non-hydrogen) atoms. The van der Waals surface area contributed by atoms with E-state index >= 15 is 0 Å². The number of carbonyl (C=O) groups excluding carboxylic acids is 1. The zero-order valence-corrected chi connectivity index (χ0v) is 11.5. The van der Waals surface area contributed by atoms with Gasteiger partial charge in [0.2, 0.25) is 5.91 Å². The van der Waals surface area contributed by atoms with Crippen LogP contribution in [0.3, 0.4) is 0 Å². The predicted molar refractivity (Wildman–Crippen MR) is 71.5 cm³/mol. The lowest BCUT2D eigenvalue weighted by Gasteiger charge is -2.22. The molecule has 1 atom stereocenters. The van der Waals surface area contributed by atoms with Crippen molar-refractivity contribution in [3.63, 3.8) is 0 Å². The molecule has 1 aliphatic rings. The van der Waals surface area contributed by atoms with Gasteiger partial charge in [0.1, 0.15) is 0 Å². The Labute approximate surface area is 110 Å². The summed E-state index contributed by atoms with van der Waals surface area (Å²) >= 11 is 3.53. The van der Waals surface area contributed by atoms with Crippen LogP contribution in [0.2, 0.25) is 0 Å². The van der Waals surface area contributed by atoms with Crippen molar-refractivity contribution in [3.05, 3.63) is 33.8 Å². The Morgan fingerprint density at radius 2 is 2.35 bits per heavy atom. The Morgan fingerprint density at radius 1 is 1.59 bits per heavy atom. The molecule has 1 aromatic rings. The molecular formula is C13H17BrN2O. The SMILES string of the molecule is Cc1c(Br)cccc1CN1CCCC1C(N)=O. The number of amides is 1. The summed E-state index contributed by atoms with van der Waals surface area (Å²) in [5.41, 5.74) is 7.92. The first-order valence-corrected chi connectivity index (χ1v) is 6.66. The summed E-state index contributed by atoms with van der Waals surface area (Å²) in [6.45, 7) is 3.85. The second-order valence-electron chi connectivity index (χ2n) is 4.55. The summed E-state index contributed by atoms with van der Waals surface area (Å²) < 4.78 is 1.12. The van der Waals surface area contributed by atoms with Crippen molar-refractivity contribution in [2.45, 2.75) is 32.4 Å². The van der Waals surface area contributed by atoms with E-state index in [1.165, 1.54) is 11.1 Å². The monoisotopic (exact) mass is 296 g/mol. The van der Waals surface area contributed by atoms with Crippen molar-refractivity contribution >= 4 is 21.8 Å². The van der Waals surface area contributed by atoms with Gasteiger partial charge in [-0.2, -0.15) is 0 Å². The Hall–Kier alpha value is -0.870. The highest BCUT2D eigenvalue weighted by Gasteiger charge is 2.28. The van der Waals surface area contributed by atoms with Gasteiger partial charge in [-0.25, -0.2) is 0 Å². The fraction of sp³-hybridized carbons (Fsp3) is 0.462. The fourth-order valence-corrected chi connectivity index (χ4v) is 2.79. The lowest BCUT2D eigenvalue weighted by molar-refractivity contribution is -0.122. The van der Waals surface area contributed by atoms with Gasteiger partial charge in [-0.15, -0.1) is 0 Å². The number of halogens is 1. The van der Waals surface area contributed by atoms with E-state index in [9.17, 15) is 4.79 Å². The number of hydrogen-bond donors (Lipinski definition) is 1. The fourth-order valence-electron chi connectivity index (χ4n) is 2.38. The summed E-state index contributed by atoms with van der Waals surface area (Å²) in [6, 6.07) is 6.08. The van der Waals surface area contributed by atoms with Gasteiger partial charge in [0.25, 0.3) is 0 Å². The van der Waals surface area contributed by atoms with E-state index in [0.717, 1.165) is 30.4 Å². The third-order valence-electron chi connectivity index (χ3n) is 3.45. The summed E-state index contributed by atoms with van der Waals surface area (Å²) in [4.78, 5) is 13.5. The average molecular weight is 297 g/mol. The van der Waals surface area contributed by atoms with E-state index in [-0.39, 0.29) is 11.9 Å². The number of carbonyl (C=O) groups is 1. The molecule has 0 aliphatic carbocycles. The number of likely N-dealkylation sites (tertiary alicyclic amines) is 1. The number of nitrogens with two attached hydrogens (primary N) is 1. The summed E-state index contributed by atoms with van der Waals surface area (Å²) in [6.07, 6.45) is 1.95. The highest BCUT2D eigenvalue weighted by atomic mass is 79.9. The molecule has 1 fully saturated rings. The minimum absolute atomic E-state index is 0.0895. The number of nitrogens with zero attached hydrogens (tertiary/aromatic N) is 1. The maximum atomic E-state index is 11.3. The van der Waals surface area contributed by atoms with E-state index in [4.69, 9.17) is 5.73 Å². The van der Waals surface area contributed by atoms with Crippen LogP contribution in [0.4, 0.5) is 0 Å². The lowest BCUT2D eigenvalue weighted by Crippen LogP contribution is -2.39. The second kappa shape index (κ2) is 5.19. The molecule has 2 N–H and O–H groups in total. The highest BCUT2D eigenvalue weighted by Crippen LogP contribution is 2.24. The van der Waals surface area contributed by atoms with E-state index in [1.807, 2.05) is 12.1 Å². The maximum Gasteiger partial charge on any atom is 0.234 e. The van der Waals surface area contributed by atoms with E-state index in [1.54, 1.807) is 0 Å². The topological polar surface area (TPSA) is 46.3 Å². The van der Waals surface area contributed by atoms with Crippen LogP contribution in [0.25, 0.3) is 0 Å². The normalized spacial score (nSPS) is 20.7. The van der Waals surface area contributed by atoms with Crippen molar-refractivity contribution in [2.75, 3.05) is 6.54 Å². The Balaban J connectivity index is 2.15. The number of hydrogen-bond acceptors (Lipinski definition) is 2. The van der Waals surface area contributed by atoms with Crippen LogP contribution in [0, 0.1) is 6.92 Å². The standard InChI is InChI=1S/C13H17BrN2O/c1-9-10(4-2-5-11(9)14)8-16-7-3-6-12(16)13(15)17/h2,4-5,12H,3,6-8H2,1H3,(H2,15,17). The van der Waals surface area contributed by atoms with Gasteiger partial charge < -0.3 is 5.73 Å². The Kier molecular flexibility index (Phi) is 3.84. The van der Waals surface area contributed by atoms with Gasteiger partial charge >= 0.3 is 0 Å². The van der Waals surface area contributed by atoms with Gasteiger partial charge in [0.05, 0.1) is 6.04 Å². The van der Waals surface area contributed by atoms with E-state index in [0.29, 0.717) is 0 Å². The van der Waals surface area contributed by atoms with Crippen molar-refractivity contribution in [3.8, 4) is 0 Å². The van der Waals surface area contributed by atoms with Gasteiger partial charge in [-0.05, 0) is 43.5 Å². The number of primary amides is 1. The smallest absolute Gasteiger partial charge is 0.234 e. The molecule has 4 heteroatoms. The maximum absolute atomic E-state index is 11.3. The summed E-state index contributed by atoms with van der Waals surface area (Å²) in [5, 5.41) is 0. The van der Waals surface area contributed by atoms with Crippen molar-refractivity contribution < 1.29 is 4.79 Å². The zero-order valence-electron chi connectivity index (χ0n) is 9.95. The zero-order chi connectivity index (χ0) is 12.4. The molecule has 1 heterocycles. The molecule has 0 radical (unpaired) electrons. The average Bonchev–Trinajstić information content (AvgIpc) is 2.73. The Bertz CT molecular complexity index is 433. The Morgan fingerprint density at radius 3 is 3.06 bits per heavy atom. The van der Waals surface area contributed by atoms with Crippen molar-refractivity contribution in [2.24, 2.45) is 5.73 Å². The number of benzene rings is 1. The van der Waals surface area contributed by atoms with Crippen LogP contribution in [0.5, 0.6) is 0 Å². The third kappa shape index (κ3) is 2.69. The highest BCUT2D eigenvalue weighted by molar-refractivity contribution is 9.10. The molecule has 3 nitrogen and oxygen atoms in total. The first-order valence-electron chi connectivity index (χ1n) is 5.87. The minimum atomic E-state index is -0.199. The van der Waals surface area contributed by atoms with Crippen LogP contribution in [-0.2, 0) is 11.3 Å². The summed E-state index contributed by atoms with van der Waals surface area (Å²) in [7, 11) is 0. The molecule has 1 unspecified atom stereocenters. The second-order valence-corrected chi connectivity index (χ2v) is 5.41. The largest absolute Gasteiger partial charge is 0.368 e. The van der Waals surface area contributed by atoms with E-state index in [2.05, 4.69) is 33.8 Å².